The average molecular weight is 312 g/mol. The van der Waals surface area contributed by atoms with Crippen molar-refractivity contribution < 1.29 is 0 Å². The third kappa shape index (κ3) is 2.64. The minimum atomic E-state index is 0.529. The largest absolute Gasteiger partial charge is 0.326 e. The quantitative estimate of drug-likeness (QED) is 0.624. The molecule has 0 radical (unpaired) electrons. The van der Waals surface area contributed by atoms with Crippen molar-refractivity contribution in [2.24, 2.45) is 5.73 Å². The van der Waals surface area contributed by atoms with E-state index >= 15 is 0 Å². The summed E-state index contributed by atoms with van der Waals surface area (Å²) in [4.78, 5) is 13.8. The summed E-state index contributed by atoms with van der Waals surface area (Å²) in [5.41, 5.74) is 12.2. The van der Waals surface area contributed by atoms with Crippen molar-refractivity contribution in [1.82, 2.24) is 15.0 Å². The van der Waals surface area contributed by atoms with Gasteiger partial charge in [-0.15, -0.1) is 0 Å². The Morgan fingerprint density at radius 3 is 2.08 bits per heavy atom. The number of hydrogen-bond donors (Lipinski definition) is 1. The van der Waals surface area contributed by atoms with E-state index in [4.69, 9.17) is 15.7 Å². The number of nitrogens with two attached hydrogens (primary N) is 1. The minimum absolute atomic E-state index is 0.529. The Labute approximate surface area is 140 Å². The highest BCUT2D eigenvalue weighted by atomic mass is 14.8. The Morgan fingerprint density at radius 1 is 0.708 bits per heavy atom. The van der Waals surface area contributed by atoms with Crippen LogP contribution in [0.3, 0.4) is 0 Å². The molecule has 0 fully saturated rings. The molecule has 4 heteroatoms. The SMILES string of the molecule is NCc1ccc(-c2nc3ccncc3nc2-c2ccccc2)cc1. The lowest BCUT2D eigenvalue weighted by Gasteiger charge is -2.10. The smallest absolute Gasteiger partial charge is 0.108 e. The predicted molar refractivity (Wildman–Crippen MR) is 96.1 cm³/mol. The van der Waals surface area contributed by atoms with E-state index in [-0.39, 0.29) is 0 Å². The summed E-state index contributed by atoms with van der Waals surface area (Å²) in [6, 6.07) is 20.1. The van der Waals surface area contributed by atoms with Crippen molar-refractivity contribution in [2.45, 2.75) is 6.54 Å². The molecule has 0 bridgehead atoms. The van der Waals surface area contributed by atoms with Crippen LogP contribution in [0.25, 0.3) is 33.5 Å². The standard InChI is InChI=1S/C20H16N4/c21-12-14-6-8-16(9-7-14)20-19(15-4-2-1-3-5-15)24-18-13-22-11-10-17(18)23-20/h1-11,13H,12,21H2. The van der Waals surface area contributed by atoms with Gasteiger partial charge in [-0.2, -0.15) is 0 Å². The summed E-state index contributed by atoms with van der Waals surface area (Å²) in [5.74, 6) is 0. The summed E-state index contributed by atoms with van der Waals surface area (Å²) in [5, 5.41) is 0. The highest BCUT2D eigenvalue weighted by Gasteiger charge is 2.13. The Balaban J connectivity index is 1.97. The fourth-order valence-electron chi connectivity index (χ4n) is 2.70. The van der Waals surface area contributed by atoms with Crippen LogP contribution in [0.15, 0.2) is 73.1 Å². The van der Waals surface area contributed by atoms with Gasteiger partial charge in [-0.1, -0.05) is 54.6 Å². The van der Waals surface area contributed by atoms with Crippen LogP contribution < -0.4 is 5.73 Å². The summed E-state index contributed by atoms with van der Waals surface area (Å²) in [6.07, 6.45) is 3.48. The van der Waals surface area contributed by atoms with Crippen LogP contribution in [-0.2, 0) is 6.54 Å². The number of hydrogen-bond acceptors (Lipinski definition) is 4. The molecule has 2 N–H and O–H groups in total. The number of benzene rings is 2. The van der Waals surface area contributed by atoms with Crippen LogP contribution in [0.4, 0.5) is 0 Å². The molecule has 0 saturated carbocycles. The predicted octanol–water partition coefficient (Wildman–Crippen LogP) is 3.82. The molecule has 2 aromatic heterocycles. The minimum Gasteiger partial charge on any atom is -0.326 e. The number of rotatable bonds is 3. The van der Waals surface area contributed by atoms with Gasteiger partial charge in [-0.3, -0.25) is 4.98 Å². The number of aromatic nitrogens is 3. The summed E-state index contributed by atoms with van der Waals surface area (Å²) in [7, 11) is 0. The molecule has 0 spiro atoms. The number of nitrogens with zero attached hydrogens (tertiary/aromatic N) is 3. The molecule has 0 atom stereocenters. The van der Waals surface area contributed by atoms with Gasteiger partial charge in [0, 0.05) is 23.9 Å². The van der Waals surface area contributed by atoms with Crippen molar-refractivity contribution >= 4 is 11.0 Å². The third-order valence-corrected chi connectivity index (χ3v) is 3.98. The Kier molecular flexibility index (Phi) is 3.73. The van der Waals surface area contributed by atoms with Crippen LogP contribution in [0.2, 0.25) is 0 Å². The highest BCUT2D eigenvalue weighted by Crippen LogP contribution is 2.30. The van der Waals surface area contributed by atoms with Gasteiger partial charge in [0.25, 0.3) is 0 Å². The van der Waals surface area contributed by atoms with E-state index in [1.54, 1.807) is 12.4 Å². The molecule has 0 aliphatic heterocycles. The maximum atomic E-state index is 5.70. The van der Waals surface area contributed by atoms with E-state index in [9.17, 15) is 0 Å². The maximum absolute atomic E-state index is 5.70. The molecule has 0 amide bonds. The summed E-state index contributed by atoms with van der Waals surface area (Å²) >= 11 is 0. The fourth-order valence-corrected chi connectivity index (χ4v) is 2.70. The lowest BCUT2D eigenvalue weighted by molar-refractivity contribution is 1.07. The molecule has 0 unspecified atom stereocenters. The Bertz CT molecular complexity index is 979. The molecule has 2 heterocycles. The first-order valence-electron chi connectivity index (χ1n) is 7.82. The Morgan fingerprint density at radius 2 is 1.38 bits per heavy atom. The molecule has 4 rings (SSSR count). The molecule has 4 nitrogen and oxygen atoms in total. The van der Waals surface area contributed by atoms with Gasteiger partial charge in [0.2, 0.25) is 0 Å². The van der Waals surface area contributed by atoms with Crippen molar-refractivity contribution in [2.75, 3.05) is 0 Å². The van der Waals surface area contributed by atoms with Gasteiger partial charge in [-0.25, -0.2) is 9.97 Å². The van der Waals surface area contributed by atoms with E-state index in [1.165, 1.54) is 0 Å². The van der Waals surface area contributed by atoms with Crippen LogP contribution in [0.1, 0.15) is 5.56 Å². The van der Waals surface area contributed by atoms with Crippen LogP contribution in [0.5, 0.6) is 0 Å². The number of pyridine rings is 1. The van der Waals surface area contributed by atoms with E-state index < -0.39 is 0 Å². The van der Waals surface area contributed by atoms with E-state index in [1.807, 2.05) is 60.7 Å². The lowest BCUT2D eigenvalue weighted by atomic mass is 10.0. The van der Waals surface area contributed by atoms with Gasteiger partial charge in [0.05, 0.1) is 23.1 Å². The van der Waals surface area contributed by atoms with Crippen LogP contribution in [-0.4, -0.2) is 15.0 Å². The highest BCUT2D eigenvalue weighted by molar-refractivity contribution is 5.85. The van der Waals surface area contributed by atoms with E-state index in [0.717, 1.165) is 39.1 Å². The molecular formula is C20H16N4. The maximum Gasteiger partial charge on any atom is 0.108 e. The van der Waals surface area contributed by atoms with Crippen molar-refractivity contribution in [3.8, 4) is 22.5 Å². The molecule has 4 aromatic rings. The van der Waals surface area contributed by atoms with Crippen molar-refractivity contribution in [3.05, 3.63) is 78.6 Å². The normalized spacial score (nSPS) is 10.9. The topological polar surface area (TPSA) is 64.7 Å². The molecule has 0 aliphatic rings. The van der Waals surface area contributed by atoms with E-state index in [0.29, 0.717) is 6.54 Å². The first-order chi connectivity index (χ1) is 11.8. The zero-order chi connectivity index (χ0) is 16.4. The lowest BCUT2D eigenvalue weighted by Crippen LogP contribution is -1.98. The molecule has 2 aromatic carbocycles. The molecule has 0 aliphatic carbocycles. The molecule has 116 valence electrons. The Hall–Kier alpha value is -3.11. The molecular weight excluding hydrogens is 296 g/mol. The third-order valence-electron chi connectivity index (χ3n) is 3.98. The second-order valence-electron chi connectivity index (χ2n) is 5.55. The molecule has 0 saturated heterocycles. The summed E-state index contributed by atoms with van der Waals surface area (Å²) in [6.45, 7) is 0.529. The monoisotopic (exact) mass is 312 g/mol. The van der Waals surface area contributed by atoms with E-state index in [2.05, 4.69) is 4.98 Å². The van der Waals surface area contributed by atoms with Crippen LogP contribution in [0, 0.1) is 0 Å². The van der Waals surface area contributed by atoms with Crippen LogP contribution >= 0.6 is 0 Å². The van der Waals surface area contributed by atoms with Crippen molar-refractivity contribution in [1.29, 1.82) is 0 Å². The molecule has 24 heavy (non-hydrogen) atoms. The second-order valence-corrected chi connectivity index (χ2v) is 5.55. The van der Waals surface area contributed by atoms with Gasteiger partial charge < -0.3 is 5.73 Å². The fraction of sp³-hybridized carbons (Fsp3) is 0.0500. The first-order valence-corrected chi connectivity index (χ1v) is 7.82. The second kappa shape index (κ2) is 6.18. The first kappa shape index (κ1) is 14.5. The van der Waals surface area contributed by atoms with Gasteiger partial charge in [0.1, 0.15) is 5.52 Å². The zero-order valence-electron chi connectivity index (χ0n) is 13.1. The van der Waals surface area contributed by atoms with Gasteiger partial charge in [0.15, 0.2) is 0 Å². The van der Waals surface area contributed by atoms with Crippen molar-refractivity contribution in [3.63, 3.8) is 0 Å². The van der Waals surface area contributed by atoms with Gasteiger partial charge in [-0.05, 0) is 11.6 Å². The number of fused-ring (bicyclic) bond motifs is 1. The van der Waals surface area contributed by atoms with Gasteiger partial charge >= 0.3 is 0 Å². The zero-order valence-corrected chi connectivity index (χ0v) is 13.1. The summed E-state index contributed by atoms with van der Waals surface area (Å²) < 4.78 is 0. The average Bonchev–Trinajstić information content (AvgIpc) is 2.68.